The van der Waals surface area contributed by atoms with E-state index in [-0.39, 0.29) is 54.9 Å². The number of piperidine rings is 1. The van der Waals surface area contributed by atoms with Gasteiger partial charge in [0.25, 0.3) is 5.91 Å². The van der Waals surface area contributed by atoms with E-state index < -0.39 is 11.9 Å². The van der Waals surface area contributed by atoms with E-state index >= 15 is 0 Å². The van der Waals surface area contributed by atoms with Crippen LogP contribution in [0.15, 0.2) is 64.9 Å². The highest BCUT2D eigenvalue weighted by Gasteiger charge is 2.40. The number of nitrogens with zero attached hydrogens (tertiary/aromatic N) is 4. The quantitative estimate of drug-likeness (QED) is 0.125. The zero-order chi connectivity index (χ0) is 35.0. The van der Waals surface area contributed by atoms with Crippen LogP contribution in [0.5, 0.6) is 0 Å². The molecule has 0 bridgehead atoms. The highest BCUT2D eigenvalue weighted by atomic mass is 16.5. The molecule has 2 unspecified atom stereocenters. The summed E-state index contributed by atoms with van der Waals surface area (Å²) in [6, 6.07) is 14.5. The van der Waals surface area contributed by atoms with E-state index in [0.717, 1.165) is 29.9 Å². The van der Waals surface area contributed by atoms with Crippen LogP contribution >= 0.6 is 0 Å². The van der Waals surface area contributed by atoms with Crippen LogP contribution in [-0.4, -0.2) is 114 Å². The molecule has 264 valence electrons. The van der Waals surface area contributed by atoms with E-state index in [9.17, 15) is 29.1 Å². The average Bonchev–Trinajstić information content (AvgIpc) is 3.45. The largest absolute Gasteiger partial charge is 0.511 e. The molecule has 2 atom stereocenters. The number of ether oxygens (including phenoxy) is 1. The lowest BCUT2D eigenvalue weighted by molar-refractivity contribution is -0.137. The van der Waals surface area contributed by atoms with Crippen molar-refractivity contribution in [2.45, 2.75) is 57.0 Å². The number of hydrogen-bond acceptors (Lipinski definition) is 10. The molecule has 0 spiro atoms. The summed E-state index contributed by atoms with van der Waals surface area (Å²) in [7, 11) is 0. The number of Topliss-reactive ketones (excluding diaryl/α,β-unsaturated/α-hetero) is 1. The summed E-state index contributed by atoms with van der Waals surface area (Å²) in [6.07, 6.45) is 3.80. The lowest BCUT2D eigenvalue weighted by Crippen LogP contribution is -2.52. The molecule has 4 aliphatic rings. The number of imide groups is 1. The van der Waals surface area contributed by atoms with Crippen molar-refractivity contribution in [1.82, 2.24) is 20.0 Å². The first kappa shape index (κ1) is 35.0. The lowest BCUT2D eigenvalue weighted by Gasteiger charge is -2.34. The normalized spacial score (nSPS) is 21.6. The van der Waals surface area contributed by atoms with E-state index in [1.165, 1.54) is 11.1 Å². The average molecular weight is 685 g/mol. The number of fused-ring (bicyclic) bond motifs is 1. The Labute approximate surface area is 291 Å². The Balaban J connectivity index is 0.851. The molecule has 0 aromatic heterocycles. The Kier molecular flexibility index (Phi) is 11.3. The van der Waals surface area contributed by atoms with Gasteiger partial charge >= 0.3 is 0 Å². The molecule has 50 heavy (non-hydrogen) atoms. The summed E-state index contributed by atoms with van der Waals surface area (Å²) >= 11 is 0. The highest BCUT2D eigenvalue weighted by molar-refractivity contribution is 6.14. The van der Waals surface area contributed by atoms with Crippen molar-refractivity contribution >= 4 is 41.3 Å². The number of carbonyl (C=O) groups excluding carboxylic acids is 5. The predicted molar refractivity (Wildman–Crippen MR) is 186 cm³/mol. The summed E-state index contributed by atoms with van der Waals surface area (Å²) in [6.45, 7) is 4.88. The number of amides is 4. The Morgan fingerprint density at radius 2 is 1.82 bits per heavy atom. The molecule has 3 aliphatic heterocycles. The molecule has 3 N–H and O–H groups in total. The monoisotopic (exact) mass is 684 g/mol. The van der Waals surface area contributed by atoms with E-state index in [4.69, 9.17) is 4.74 Å². The fraction of sp³-hybridized carbons (Fsp3) is 0.459. The molecule has 2 fully saturated rings. The van der Waals surface area contributed by atoms with Gasteiger partial charge in [0.1, 0.15) is 18.5 Å². The van der Waals surface area contributed by atoms with Crippen molar-refractivity contribution in [1.29, 1.82) is 0 Å². The molecule has 3 heterocycles. The Hall–Kier alpha value is -4.88. The molecule has 13 nitrogen and oxygen atoms in total. The summed E-state index contributed by atoms with van der Waals surface area (Å²) < 4.78 is 5.74. The summed E-state index contributed by atoms with van der Waals surface area (Å²) in [5, 5.41) is 16.1. The Morgan fingerprint density at radius 1 is 1.02 bits per heavy atom. The van der Waals surface area contributed by atoms with Gasteiger partial charge in [-0.25, -0.2) is 0 Å². The van der Waals surface area contributed by atoms with Crippen LogP contribution in [0.1, 0.15) is 65.9 Å². The minimum absolute atomic E-state index is 0.0118. The van der Waals surface area contributed by atoms with Crippen molar-refractivity contribution in [2.24, 2.45) is 4.99 Å². The van der Waals surface area contributed by atoms with Gasteiger partial charge in [-0.1, -0.05) is 36.4 Å². The number of aliphatic imine (C=N–C) groups is 1. The first-order valence-corrected chi connectivity index (χ1v) is 17.4. The van der Waals surface area contributed by atoms with Gasteiger partial charge in [-0.15, -0.1) is 0 Å². The summed E-state index contributed by atoms with van der Waals surface area (Å²) in [5.41, 5.74) is 3.44. The molecule has 6 rings (SSSR count). The van der Waals surface area contributed by atoms with Gasteiger partial charge in [0.2, 0.25) is 17.7 Å². The second kappa shape index (κ2) is 16.2. The Morgan fingerprint density at radius 3 is 2.58 bits per heavy atom. The fourth-order valence-corrected chi connectivity index (χ4v) is 7.03. The van der Waals surface area contributed by atoms with Gasteiger partial charge in [0, 0.05) is 94.6 Å². The molecule has 1 aliphatic carbocycles. The van der Waals surface area contributed by atoms with Crippen molar-refractivity contribution in [3.05, 3.63) is 76.6 Å². The second-order valence-corrected chi connectivity index (χ2v) is 13.1. The van der Waals surface area contributed by atoms with Gasteiger partial charge in [-0.2, -0.15) is 0 Å². The van der Waals surface area contributed by atoms with Gasteiger partial charge in [0.05, 0.1) is 12.1 Å². The van der Waals surface area contributed by atoms with Crippen molar-refractivity contribution in [2.75, 3.05) is 57.9 Å². The summed E-state index contributed by atoms with van der Waals surface area (Å²) in [5.74, 6) is -0.883. The van der Waals surface area contributed by atoms with Crippen LogP contribution < -0.4 is 10.6 Å². The van der Waals surface area contributed by atoms with Gasteiger partial charge in [-0.05, 0) is 36.5 Å². The number of benzene rings is 2. The molecule has 2 aromatic rings. The summed E-state index contributed by atoms with van der Waals surface area (Å²) in [4.78, 5) is 72.5. The number of rotatable bonds is 13. The van der Waals surface area contributed by atoms with Crippen LogP contribution in [0, 0.1) is 0 Å². The fourth-order valence-electron chi connectivity index (χ4n) is 7.03. The molecular formula is C37H44N6O7. The molecular weight excluding hydrogens is 640 g/mol. The smallest absolute Gasteiger partial charge is 0.255 e. The van der Waals surface area contributed by atoms with Gasteiger partial charge in [0.15, 0.2) is 5.78 Å². The van der Waals surface area contributed by atoms with Crippen LogP contribution in [0.4, 0.5) is 5.69 Å². The SMILES string of the molecule is O=C1CCC(N2Cc3c(NCOCCCC(=O)N4CCN(CCN=CC5=C(O)CC(c6ccccc6)CC5=O)CC4)cccc3C2=O)C(=O)N1. The molecule has 4 amide bonds. The zero-order valence-electron chi connectivity index (χ0n) is 28.1. The van der Waals surface area contributed by atoms with E-state index in [1.807, 2.05) is 41.3 Å². The number of aliphatic hydroxyl groups excluding tert-OH is 1. The number of piperazine rings is 1. The number of ketones is 1. The number of anilines is 1. The highest BCUT2D eigenvalue weighted by Crippen LogP contribution is 2.34. The van der Waals surface area contributed by atoms with Crippen LogP contribution in [0.25, 0.3) is 0 Å². The zero-order valence-corrected chi connectivity index (χ0v) is 28.1. The van der Waals surface area contributed by atoms with Crippen molar-refractivity contribution in [3.8, 4) is 0 Å². The van der Waals surface area contributed by atoms with E-state index in [1.54, 1.807) is 12.1 Å². The second-order valence-electron chi connectivity index (χ2n) is 13.1. The molecule has 13 heteroatoms. The number of nitrogens with one attached hydrogen (secondary N) is 2. The lowest BCUT2D eigenvalue weighted by atomic mass is 9.83. The maximum atomic E-state index is 13.0. The van der Waals surface area contributed by atoms with Gasteiger partial charge < -0.3 is 25.0 Å². The van der Waals surface area contributed by atoms with E-state index in [2.05, 4.69) is 20.5 Å². The van der Waals surface area contributed by atoms with Crippen LogP contribution in [0.2, 0.25) is 0 Å². The number of hydrogen-bond donors (Lipinski definition) is 3. The predicted octanol–water partition coefficient (Wildman–Crippen LogP) is 2.79. The number of carbonyl (C=O) groups is 5. The third-order valence-electron chi connectivity index (χ3n) is 9.87. The molecule has 2 saturated heterocycles. The minimum atomic E-state index is -0.667. The van der Waals surface area contributed by atoms with Crippen LogP contribution in [0.3, 0.4) is 0 Å². The third kappa shape index (κ3) is 8.28. The topological polar surface area (TPSA) is 161 Å². The number of aliphatic hydroxyl groups is 1. The maximum Gasteiger partial charge on any atom is 0.255 e. The van der Waals surface area contributed by atoms with Gasteiger partial charge in [-0.3, -0.25) is 39.2 Å². The first-order chi connectivity index (χ1) is 24.3. The first-order valence-electron chi connectivity index (χ1n) is 17.4. The van der Waals surface area contributed by atoms with Crippen LogP contribution in [-0.2, 0) is 30.5 Å². The van der Waals surface area contributed by atoms with Crippen molar-refractivity contribution in [3.63, 3.8) is 0 Å². The van der Waals surface area contributed by atoms with Crippen molar-refractivity contribution < 1.29 is 33.8 Å². The Bertz CT molecular complexity index is 1670. The van der Waals surface area contributed by atoms with E-state index in [0.29, 0.717) is 76.0 Å². The molecule has 2 aromatic carbocycles. The number of allylic oxidation sites excluding steroid dienone is 2. The standard InChI is InChI=1S/C37H44N6O7/c44-32-20-26(25-6-2-1-3-7-25)21-33(45)28(32)22-38-13-14-41-15-17-42(18-16-41)35(47)10-5-19-50-24-39-30-9-4-8-27-29(30)23-43(37(27)49)31-11-12-34(46)40-36(31)48/h1-4,6-9,22,26,31,39,44H,5,10-21,23-24H2,(H,40,46,48). The molecule has 0 radical (unpaired) electrons. The molecule has 0 saturated carbocycles. The minimum Gasteiger partial charge on any atom is -0.511 e. The maximum absolute atomic E-state index is 13.0. The third-order valence-corrected chi connectivity index (χ3v) is 9.87.